The van der Waals surface area contributed by atoms with Gasteiger partial charge in [0.1, 0.15) is 0 Å². The van der Waals surface area contributed by atoms with Crippen LogP contribution >= 0.6 is 0 Å². The summed E-state index contributed by atoms with van der Waals surface area (Å²) in [6, 6.07) is 10.5. The number of aliphatic imine (C=N–C) groups is 1. The summed E-state index contributed by atoms with van der Waals surface area (Å²) in [5, 5.41) is 4.72. The Kier molecular flexibility index (Phi) is 4.26. The molecule has 3 nitrogen and oxygen atoms in total. The van der Waals surface area contributed by atoms with E-state index in [0.29, 0.717) is 0 Å². The smallest absolute Gasteiger partial charge is 0.0963 e. The number of fused-ring (bicyclic) bond motifs is 1. The molecule has 0 saturated carbocycles. The van der Waals surface area contributed by atoms with E-state index in [0.717, 1.165) is 31.4 Å². The van der Waals surface area contributed by atoms with Gasteiger partial charge in [-0.2, -0.15) is 0 Å². The Morgan fingerprint density at radius 2 is 2.00 bits per heavy atom. The van der Waals surface area contributed by atoms with Crippen LogP contribution in [-0.2, 0) is 6.42 Å². The zero-order valence-corrected chi connectivity index (χ0v) is 11.8. The van der Waals surface area contributed by atoms with Crippen molar-refractivity contribution in [2.75, 3.05) is 13.1 Å². The molecule has 1 aromatic heterocycles. The number of benzene rings is 1. The second-order valence-electron chi connectivity index (χ2n) is 5.31. The monoisotopic (exact) mass is 267 g/mol. The molecule has 0 fully saturated rings. The van der Waals surface area contributed by atoms with Gasteiger partial charge in [0, 0.05) is 31.1 Å². The molecule has 2 aromatic rings. The highest BCUT2D eigenvalue weighted by atomic mass is 15.0. The van der Waals surface area contributed by atoms with E-state index in [9.17, 15) is 0 Å². The molecule has 0 spiro atoms. The number of nitrogens with one attached hydrogen (secondary N) is 1. The Labute approximate surface area is 120 Å². The van der Waals surface area contributed by atoms with Gasteiger partial charge in [-0.3, -0.25) is 9.98 Å². The van der Waals surface area contributed by atoms with Gasteiger partial charge < -0.3 is 5.32 Å². The molecule has 1 aliphatic heterocycles. The molecule has 0 radical (unpaired) electrons. The number of rotatable bonds is 3. The lowest BCUT2D eigenvalue weighted by atomic mass is 10.1. The molecule has 0 unspecified atom stereocenters. The quantitative estimate of drug-likeness (QED) is 0.926. The maximum absolute atomic E-state index is 4.61. The Morgan fingerprint density at radius 1 is 1.05 bits per heavy atom. The third-order valence-corrected chi connectivity index (χ3v) is 3.81. The molecule has 0 amide bonds. The number of aromatic nitrogens is 1. The van der Waals surface area contributed by atoms with Crippen LogP contribution in [0.2, 0.25) is 0 Å². The van der Waals surface area contributed by atoms with Crippen LogP contribution in [-0.4, -0.2) is 23.9 Å². The highest BCUT2D eigenvalue weighted by Crippen LogP contribution is 2.16. The van der Waals surface area contributed by atoms with Crippen molar-refractivity contribution in [3.05, 3.63) is 42.1 Å². The third kappa shape index (κ3) is 3.16. The number of hydrogen-bond acceptors (Lipinski definition) is 3. The Bertz CT molecular complexity index is 599. The average Bonchev–Trinajstić information content (AvgIpc) is 2.76. The standard InChI is InChI=1S/C17H21N3/c1-2-9-16(18-11-3-1)19-13-10-15-7-4-6-14-8-5-12-20-17(14)15/h4-8,12H,1-3,9-11,13H2,(H,18,19). The SMILES string of the molecule is c1cnc2c(CCNC3=NCCCCC3)cccc2c1. The van der Waals surface area contributed by atoms with E-state index in [1.54, 1.807) is 0 Å². The van der Waals surface area contributed by atoms with E-state index in [1.807, 2.05) is 12.3 Å². The van der Waals surface area contributed by atoms with Gasteiger partial charge in [-0.15, -0.1) is 0 Å². The number of pyridine rings is 1. The lowest BCUT2D eigenvalue weighted by Gasteiger charge is -2.09. The zero-order chi connectivity index (χ0) is 13.6. The van der Waals surface area contributed by atoms with Crippen molar-refractivity contribution < 1.29 is 0 Å². The molecular weight excluding hydrogens is 246 g/mol. The Balaban J connectivity index is 1.64. The molecule has 0 atom stereocenters. The molecule has 0 bridgehead atoms. The highest BCUT2D eigenvalue weighted by Gasteiger charge is 2.05. The van der Waals surface area contributed by atoms with Crippen LogP contribution in [0.15, 0.2) is 41.5 Å². The molecule has 2 heterocycles. The van der Waals surface area contributed by atoms with Gasteiger partial charge in [0.2, 0.25) is 0 Å². The molecule has 0 saturated heterocycles. The summed E-state index contributed by atoms with van der Waals surface area (Å²) in [4.78, 5) is 9.11. The van der Waals surface area contributed by atoms with Crippen LogP contribution in [0.4, 0.5) is 0 Å². The maximum atomic E-state index is 4.61. The van der Waals surface area contributed by atoms with E-state index in [1.165, 1.54) is 36.0 Å². The molecule has 1 N–H and O–H groups in total. The van der Waals surface area contributed by atoms with Crippen molar-refractivity contribution in [2.24, 2.45) is 4.99 Å². The maximum Gasteiger partial charge on any atom is 0.0963 e. The van der Waals surface area contributed by atoms with Gasteiger partial charge in [-0.1, -0.05) is 30.7 Å². The van der Waals surface area contributed by atoms with Crippen molar-refractivity contribution in [3.8, 4) is 0 Å². The predicted octanol–water partition coefficient (Wildman–Crippen LogP) is 3.34. The highest BCUT2D eigenvalue weighted by molar-refractivity contribution is 5.83. The minimum atomic E-state index is 0.939. The number of amidine groups is 1. The summed E-state index contributed by atoms with van der Waals surface area (Å²) < 4.78 is 0. The summed E-state index contributed by atoms with van der Waals surface area (Å²) in [6.07, 6.45) is 7.78. The zero-order valence-electron chi connectivity index (χ0n) is 11.8. The van der Waals surface area contributed by atoms with Crippen LogP contribution < -0.4 is 5.32 Å². The van der Waals surface area contributed by atoms with E-state index >= 15 is 0 Å². The molecule has 1 aliphatic rings. The molecule has 3 heteroatoms. The summed E-state index contributed by atoms with van der Waals surface area (Å²) in [5.74, 6) is 1.19. The van der Waals surface area contributed by atoms with Crippen LogP contribution in [0.1, 0.15) is 31.2 Å². The topological polar surface area (TPSA) is 37.3 Å². The lowest BCUT2D eigenvalue weighted by molar-refractivity contribution is 0.728. The van der Waals surface area contributed by atoms with Gasteiger partial charge >= 0.3 is 0 Å². The van der Waals surface area contributed by atoms with E-state index in [-0.39, 0.29) is 0 Å². The molecular formula is C17H21N3. The van der Waals surface area contributed by atoms with Crippen molar-refractivity contribution in [1.82, 2.24) is 10.3 Å². The number of nitrogens with zero attached hydrogens (tertiary/aromatic N) is 2. The van der Waals surface area contributed by atoms with Crippen molar-refractivity contribution in [1.29, 1.82) is 0 Å². The fourth-order valence-electron chi connectivity index (χ4n) is 2.73. The summed E-state index contributed by atoms with van der Waals surface area (Å²) in [5.41, 5.74) is 2.43. The van der Waals surface area contributed by atoms with Gasteiger partial charge in [-0.05, 0) is 30.9 Å². The third-order valence-electron chi connectivity index (χ3n) is 3.81. The summed E-state index contributed by atoms with van der Waals surface area (Å²) >= 11 is 0. The van der Waals surface area contributed by atoms with Crippen molar-refractivity contribution in [2.45, 2.75) is 32.1 Å². The number of para-hydroxylation sites is 1. The lowest BCUT2D eigenvalue weighted by Crippen LogP contribution is -2.25. The first-order valence-electron chi connectivity index (χ1n) is 7.53. The van der Waals surface area contributed by atoms with Gasteiger partial charge in [-0.25, -0.2) is 0 Å². The van der Waals surface area contributed by atoms with E-state index in [2.05, 4.69) is 39.6 Å². The minimum Gasteiger partial charge on any atom is -0.374 e. The normalized spacial score (nSPS) is 15.7. The van der Waals surface area contributed by atoms with Crippen LogP contribution in [0.3, 0.4) is 0 Å². The largest absolute Gasteiger partial charge is 0.374 e. The van der Waals surface area contributed by atoms with Crippen molar-refractivity contribution in [3.63, 3.8) is 0 Å². The first-order chi connectivity index (χ1) is 9.93. The molecule has 1 aromatic carbocycles. The second kappa shape index (κ2) is 6.51. The summed E-state index contributed by atoms with van der Waals surface area (Å²) in [7, 11) is 0. The average molecular weight is 267 g/mol. The van der Waals surface area contributed by atoms with Crippen molar-refractivity contribution >= 4 is 16.7 Å². The minimum absolute atomic E-state index is 0.939. The van der Waals surface area contributed by atoms with E-state index < -0.39 is 0 Å². The fourth-order valence-corrected chi connectivity index (χ4v) is 2.73. The predicted molar refractivity (Wildman–Crippen MR) is 84.2 cm³/mol. The van der Waals surface area contributed by atoms with Crippen LogP contribution in [0.25, 0.3) is 10.9 Å². The first kappa shape index (κ1) is 13.1. The second-order valence-corrected chi connectivity index (χ2v) is 5.31. The van der Waals surface area contributed by atoms with Gasteiger partial charge in [0.15, 0.2) is 0 Å². The molecule has 0 aliphatic carbocycles. The summed E-state index contributed by atoms with van der Waals surface area (Å²) in [6.45, 7) is 1.92. The Morgan fingerprint density at radius 3 is 3.00 bits per heavy atom. The first-order valence-corrected chi connectivity index (χ1v) is 7.53. The molecule has 104 valence electrons. The van der Waals surface area contributed by atoms with Gasteiger partial charge in [0.05, 0.1) is 11.4 Å². The van der Waals surface area contributed by atoms with Crippen LogP contribution in [0.5, 0.6) is 0 Å². The molecule has 20 heavy (non-hydrogen) atoms. The number of hydrogen-bond donors (Lipinski definition) is 1. The Hall–Kier alpha value is -1.90. The van der Waals surface area contributed by atoms with Gasteiger partial charge in [0.25, 0.3) is 0 Å². The fraction of sp³-hybridized carbons (Fsp3) is 0.412. The van der Waals surface area contributed by atoms with E-state index in [4.69, 9.17) is 0 Å². The molecule has 3 rings (SSSR count). The van der Waals surface area contributed by atoms with Crippen LogP contribution in [0, 0.1) is 0 Å².